The van der Waals surface area contributed by atoms with E-state index in [-0.39, 0.29) is 12.1 Å². The monoisotopic (exact) mass is 317 g/mol. The fraction of sp³-hybridized carbons (Fsp3) is 0.667. The van der Waals surface area contributed by atoms with Gasteiger partial charge in [0.2, 0.25) is 5.88 Å². The van der Waals surface area contributed by atoms with Crippen LogP contribution in [-0.2, 0) is 6.54 Å². The van der Waals surface area contributed by atoms with Crippen molar-refractivity contribution in [2.75, 3.05) is 19.6 Å². The van der Waals surface area contributed by atoms with Crippen LogP contribution in [0, 0.1) is 0 Å². The summed E-state index contributed by atoms with van der Waals surface area (Å²) in [6.45, 7) is 4.45. The highest BCUT2D eigenvalue weighted by atomic mass is 19.4. The smallest absolute Gasteiger partial charge is 0.401 e. The van der Waals surface area contributed by atoms with Crippen molar-refractivity contribution in [1.29, 1.82) is 0 Å². The summed E-state index contributed by atoms with van der Waals surface area (Å²) in [5.74, 6) is 0.579. The molecule has 4 nitrogen and oxygen atoms in total. The minimum atomic E-state index is -4.13. The van der Waals surface area contributed by atoms with Gasteiger partial charge in [0.25, 0.3) is 0 Å². The van der Waals surface area contributed by atoms with Crippen LogP contribution in [0.2, 0.25) is 0 Å². The Balaban J connectivity index is 1.84. The summed E-state index contributed by atoms with van der Waals surface area (Å²) in [5.41, 5.74) is 0.922. The van der Waals surface area contributed by atoms with Crippen LogP contribution >= 0.6 is 0 Å². The zero-order valence-electron chi connectivity index (χ0n) is 12.9. The molecule has 0 amide bonds. The first-order chi connectivity index (χ1) is 10.3. The normalized spacial score (nSPS) is 19.8. The van der Waals surface area contributed by atoms with Crippen LogP contribution in [0.25, 0.3) is 0 Å². The third-order valence-corrected chi connectivity index (χ3v) is 3.45. The van der Waals surface area contributed by atoms with Crippen molar-refractivity contribution in [1.82, 2.24) is 15.2 Å². The first-order valence-electron chi connectivity index (χ1n) is 7.46. The van der Waals surface area contributed by atoms with Gasteiger partial charge in [0.15, 0.2) is 0 Å². The zero-order chi connectivity index (χ0) is 16.2. The van der Waals surface area contributed by atoms with E-state index in [9.17, 15) is 13.2 Å². The molecule has 0 spiro atoms. The minimum absolute atomic E-state index is 0.0300. The Morgan fingerprint density at radius 1 is 1.45 bits per heavy atom. The Morgan fingerprint density at radius 3 is 2.91 bits per heavy atom. The lowest BCUT2D eigenvalue weighted by molar-refractivity contribution is -0.143. The summed E-state index contributed by atoms with van der Waals surface area (Å²) >= 11 is 0. The predicted octanol–water partition coefficient (Wildman–Crippen LogP) is 2.60. The van der Waals surface area contributed by atoms with E-state index in [0.717, 1.165) is 12.0 Å². The summed E-state index contributed by atoms with van der Waals surface area (Å²) in [6, 6.07) is 3.81. The van der Waals surface area contributed by atoms with Gasteiger partial charge in [0, 0.05) is 37.4 Å². The average molecular weight is 317 g/mol. The number of halogens is 3. The summed E-state index contributed by atoms with van der Waals surface area (Å²) in [7, 11) is 0. The molecule has 0 saturated carbocycles. The number of aromatic nitrogens is 1. The number of hydrogen-bond acceptors (Lipinski definition) is 4. The van der Waals surface area contributed by atoms with Crippen LogP contribution in [0.3, 0.4) is 0 Å². The largest absolute Gasteiger partial charge is 0.475 e. The van der Waals surface area contributed by atoms with Crippen LogP contribution in [0.1, 0.15) is 25.8 Å². The predicted molar refractivity (Wildman–Crippen MR) is 77.7 cm³/mol. The van der Waals surface area contributed by atoms with E-state index in [2.05, 4.69) is 10.3 Å². The van der Waals surface area contributed by atoms with Crippen LogP contribution in [-0.4, -0.2) is 47.8 Å². The second-order valence-corrected chi connectivity index (χ2v) is 5.85. The van der Waals surface area contributed by atoms with Crippen molar-refractivity contribution >= 4 is 0 Å². The molecule has 1 aromatic heterocycles. The minimum Gasteiger partial charge on any atom is -0.475 e. The molecule has 7 heteroatoms. The topological polar surface area (TPSA) is 37.4 Å². The van der Waals surface area contributed by atoms with Gasteiger partial charge in [0.1, 0.15) is 0 Å². The third kappa shape index (κ3) is 5.46. The molecular formula is C15H22F3N3O. The highest BCUT2D eigenvalue weighted by Crippen LogP contribution is 2.21. The van der Waals surface area contributed by atoms with E-state index in [1.807, 2.05) is 26.0 Å². The molecule has 0 radical (unpaired) electrons. The van der Waals surface area contributed by atoms with Crippen molar-refractivity contribution < 1.29 is 17.9 Å². The number of likely N-dealkylation sites (tertiary alicyclic amines) is 1. The van der Waals surface area contributed by atoms with E-state index in [1.54, 1.807) is 6.20 Å². The Bertz CT molecular complexity index is 479. The molecule has 0 bridgehead atoms. The SMILES string of the molecule is CC(C)Oc1ncccc1CN[C@H]1CCN(CC(F)(F)F)C1. The number of rotatable bonds is 6. The lowest BCUT2D eigenvalue weighted by Gasteiger charge is -2.19. The number of pyridine rings is 1. The van der Waals surface area contributed by atoms with Gasteiger partial charge in [-0.1, -0.05) is 6.07 Å². The van der Waals surface area contributed by atoms with Crippen molar-refractivity contribution in [3.63, 3.8) is 0 Å². The Kier molecular flexibility index (Phi) is 5.63. The average Bonchev–Trinajstić information content (AvgIpc) is 2.82. The van der Waals surface area contributed by atoms with Gasteiger partial charge in [-0.2, -0.15) is 13.2 Å². The molecule has 22 heavy (non-hydrogen) atoms. The standard InChI is InChI=1S/C15H22F3N3O/c1-11(2)22-14-12(4-3-6-19-14)8-20-13-5-7-21(9-13)10-15(16,17)18/h3-4,6,11,13,20H,5,7-10H2,1-2H3/t13-/m0/s1. The number of hydrogen-bond donors (Lipinski definition) is 1. The molecule has 124 valence electrons. The van der Waals surface area contributed by atoms with Gasteiger partial charge in [-0.25, -0.2) is 4.98 Å². The van der Waals surface area contributed by atoms with Gasteiger partial charge in [-0.15, -0.1) is 0 Å². The highest BCUT2D eigenvalue weighted by Gasteiger charge is 2.34. The molecule has 1 aliphatic heterocycles. The van der Waals surface area contributed by atoms with Gasteiger partial charge in [-0.05, 0) is 26.3 Å². The van der Waals surface area contributed by atoms with Crippen LogP contribution < -0.4 is 10.1 Å². The zero-order valence-corrected chi connectivity index (χ0v) is 12.9. The van der Waals surface area contributed by atoms with Crippen molar-refractivity contribution in [3.8, 4) is 5.88 Å². The number of ether oxygens (including phenoxy) is 1. The fourth-order valence-electron chi connectivity index (χ4n) is 2.54. The van der Waals surface area contributed by atoms with Crippen LogP contribution in [0.15, 0.2) is 18.3 Å². The van der Waals surface area contributed by atoms with E-state index in [4.69, 9.17) is 4.74 Å². The highest BCUT2D eigenvalue weighted by molar-refractivity contribution is 5.25. The van der Waals surface area contributed by atoms with E-state index < -0.39 is 12.7 Å². The quantitative estimate of drug-likeness (QED) is 0.875. The van der Waals surface area contributed by atoms with Crippen molar-refractivity contribution in [2.45, 2.75) is 45.1 Å². The van der Waals surface area contributed by atoms with Gasteiger partial charge in [0.05, 0.1) is 12.6 Å². The number of alkyl halides is 3. The first-order valence-corrected chi connectivity index (χ1v) is 7.46. The second-order valence-electron chi connectivity index (χ2n) is 5.85. The molecule has 1 aliphatic rings. The molecule has 2 rings (SSSR count). The van der Waals surface area contributed by atoms with Gasteiger partial charge >= 0.3 is 6.18 Å². The molecule has 1 fully saturated rings. The van der Waals surface area contributed by atoms with E-state index >= 15 is 0 Å². The summed E-state index contributed by atoms with van der Waals surface area (Å²) in [5, 5.41) is 3.30. The van der Waals surface area contributed by atoms with Gasteiger partial charge in [-0.3, -0.25) is 4.90 Å². The number of nitrogens with one attached hydrogen (secondary N) is 1. The molecule has 0 aliphatic carbocycles. The number of nitrogens with zero attached hydrogens (tertiary/aromatic N) is 2. The van der Waals surface area contributed by atoms with Crippen LogP contribution in [0.5, 0.6) is 5.88 Å². The molecule has 1 atom stereocenters. The molecule has 0 aromatic carbocycles. The van der Waals surface area contributed by atoms with Crippen molar-refractivity contribution in [2.24, 2.45) is 0 Å². The summed E-state index contributed by atoms with van der Waals surface area (Å²) < 4.78 is 42.8. The summed E-state index contributed by atoms with van der Waals surface area (Å²) in [6.07, 6.45) is -1.71. The molecule has 1 saturated heterocycles. The Hall–Kier alpha value is -1.34. The van der Waals surface area contributed by atoms with E-state index in [0.29, 0.717) is 25.5 Å². The second kappa shape index (κ2) is 7.28. The Labute approximate surface area is 128 Å². The Morgan fingerprint density at radius 2 is 2.23 bits per heavy atom. The molecule has 2 heterocycles. The molecule has 1 aromatic rings. The maximum Gasteiger partial charge on any atom is 0.401 e. The lowest BCUT2D eigenvalue weighted by Crippen LogP contribution is -2.36. The van der Waals surface area contributed by atoms with E-state index in [1.165, 1.54) is 4.90 Å². The maximum atomic E-state index is 12.4. The van der Waals surface area contributed by atoms with Crippen molar-refractivity contribution in [3.05, 3.63) is 23.9 Å². The molecule has 1 N–H and O–H groups in total. The lowest BCUT2D eigenvalue weighted by atomic mass is 10.2. The maximum absolute atomic E-state index is 12.4. The van der Waals surface area contributed by atoms with Crippen LogP contribution in [0.4, 0.5) is 13.2 Å². The molecular weight excluding hydrogens is 295 g/mol. The molecule has 0 unspecified atom stereocenters. The fourth-order valence-corrected chi connectivity index (χ4v) is 2.54. The third-order valence-electron chi connectivity index (χ3n) is 3.45. The first kappa shape index (κ1) is 17.0. The van der Waals surface area contributed by atoms with Gasteiger partial charge < -0.3 is 10.1 Å². The summed E-state index contributed by atoms with van der Waals surface area (Å²) in [4.78, 5) is 5.64.